The van der Waals surface area contributed by atoms with Crippen molar-refractivity contribution in [1.29, 1.82) is 0 Å². The molecule has 0 aromatic heterocycles. The number of aliphatic hydroxyl groups is 1. The van der Waals surface area contributed by atoms with Crippen molar-refractivity contribution in [3.05, 3.63) is 12.7 Å². The summed E-state index contributed by atoms with van der Waals surface area (Å²) in [4.78, 5) is 23.7. The molecule has 0 radical (unpaired) electrons. The summed E-state index contributed by atoms with van der Waals surface area (Å²) in [5.41, 5.74) is -2.38. The number of carbonyl (C=O) groups excluding carboxylic acids is 2. The Hall–Kier alpha value is -1.07. The Kier molecular flexibility index (Phi) is 3.15. The minimum Gasteiger partial charge on any atom is -0.453 e. The minimum atomic E-state index is -1.35. The maximum absolute atomic E-state index is 12.0. The van der Waals surface area contributed by atoms with Crippen molar-refractivity contribution in [3.63, 3.8) is 0 Å². The molecule has 0 saturated carbocycles. The number of fused-ring (bicyclic) bond motifs is 1. The first-order valence-electron chi connectivity index (χ1n) is 5.84. The summed E-state index contributed by atoms with van der Waals surface area (Å²) >= 11 is 5.67. The van der Waals surface area contributed by atoms with Gasteiger partial charge >= 0.3 is 5.97 Å². The van der Waals surface area contributed by atoms with Crippen LogP contribution in [-0.2, 0) is 14.3 Å². The molecule has 2 heterocycles. The molecule has 18 heavy (non-hydrogen) atoms. The third-order valence-electron chi connectivity index (χ3n) is 4.00. The van der Waals surface area contributed by atoms with Crippen LogP contribution in [0.2, 0.25) is 0 Å². The van der Waals surface area contributed by atoms with Gasteiger partial charge in [0, 0.05) is 5.88 Å². The number of hydrogen-bond acceptors (Lipinski definition) is 4. The lowest BCUT2D eigenvalue weighted by Crippen LogP contribution is -2.79. The Labute approximate surface area is 110 Å². The van der Waals surface area contributed by atoms with Gasteiger partial charge in [-0.3, -0.25) is 4.79 Å². The summed E-state index contributed by atoms with van der Waals surface area (Å²) in [5.74, 6) is -1.12. The van der Waals surface area contributed by atoms with E-state index in [4.69, 9.17) is 16.3 Å². The zero-order valence-electron chi connectivity index (χ0n) is 10.1. The van der Waals surface area contributed by atoms with Crippen LogP contribution in [0.25, 0.3) is 0 Å². The molecular weight excluding hydrogens is 258 g/mol. The van der Waals surface area contributed by atoms with E-state index in [2.05, 4.69) is 11.9 Å². The smallest absolute Gasteiger partial charge is 0.339 e. The van der Waals surface area contributed by atoms with Crippen molar-refractivity contribution in [2.45, 2.75) is 37.0 Å². The molecule has 1 amide bonds. The fraction of sp³-hybridized carbons (Fsp3) is 0.667. The molecule has 6 heteroatoms. The summed E-state index contributed by atoms with van der Waals surface area (Å²) < 4.78 is 5.18. The van der Waals surface area contributed by atoms with Crippen LogP contribution in [-0.4, -0.2) is 40.1 Å². The van der Waals surface area contributed by atoms with Gasteiger partial charge in [0.25, 0.3) is 0 Å². The monoisotopic (exact) mass is 273 g/mol. The summed E-state index contributed by atoms with van der Waals surface area (Å²) in [6, 6.07) is 0. The third-order valence-corrected chi connectivity index (χ3v) is 4.22. The van der Waals surface area contributed by atoms with E-state index in [1.165, 1.54) is 6.08 Å². The van der Waals surface area contributed by atoms with Gasteiger partial charge < -0.3 is 15.2 Å². The Balaban J connectivity index is 2.37. The van der Waals surface area contributed by atoms with Crippen molar-refractivity contribution in [3.8, 4) is 0 Å². The Bertz CT molecular complexity index is 413. The molecule has 0 aliphatic carbocycles. The third kappa shape index (κ3) is 1.37. The highest BCUT2D eigenvalue weighted by Crippen LogP contribution is 2.52. The molecule has 2 saturated heterocycles. The fourth-order valence-corrected chi connectivity index (χ4v) is 3.18. The zero-order chi connectivity index (χ0) is 13.6. The molecule has 0 unspecified atom stereocenters. The molecule has 100 valence electrons. The summed E-state index contributed by atoms with van der Waals surface area (Å²) in [6.07, 6.45) is 1.08. The summed E-state index contributed by atoms with van der Waals surface area (Å²) in [5, 5.41) is 12.8. The van der Waals surface area contributed by atoms with Gasteiger partial charge in [-0.25, -0.2) is 4.79 Å². The van der Waals surface area contributed by atoms with E-state index in [1.54, 1.807) is 6.92 Å². The molecule has 2 fully saturated rings. The number of halogens is 1. The second-order valence-electron chi connectivity index (χ2n) is 4.86. The number of aliphatic hydroxyl groups excluding tert-OH is 1. The van der Waals surface area contributed by atoms with E-state index in [1.807, 2.05) is 0 Å². The molecule has 2 N–H and O–H groups in total. The first kappa shape index (κ1) is 13.4. The van der Waals surface area contributed by atoms with Gasteiger partial charge in [0.05, 0.1) is 12.0 Å². The van der Waals surface area contributed by atoms with E-state index < -0.39 is 29.1 Å². The van der Waals surface area contributed by atoms with E-state index in [-0.39, 0.29) is 12.3 Å². The SMILES string of the molecule is C=CC[C@H](O)[C@@]12NC(=O)[C@H](CCCl)[C@]1(C)OC2=O. The number of hydrogen-bond donors (Lipinski definition) is 2. The maximum atomic E-state index is 12.0. The molecule has 0 aromatic rings. The molecule has 2 rings (SSSR count). The number of ether oxygens (including phenoxy) is 1. The summed E-state index contributed by atoms with van der Waals surface area (Å²) in [7, 11) is 0. The predicted octanol–water partition coefficient (Wildman–Crippen LogP) is 0.353. The molecule has 0 aromatic carbocycles. The molecule has 5 nitrogen and oxygen atoms in total. The van der Waals surface area contributed by atoms with Crippen LogP contribution < -0.4 is 5.32 Å². The van der Waals surface area contributed by atoms with Gasteiger partial charge in [0.15, 0.2) is 5.60 Å². The van der Waals surface area contributed by atoms with Crippen molar-refractivity contribution >= 4 is 23.5 Å². The van der Waals surface area contributed by atoms with Crippen molar-refractivity contribution in [1.82, 2.24) is 5.32 Å². The lowest BCUT2D eigenvalue weighted by atomic mass is 9.67. The average molecular weight is 274 g/mol. The van der Waals surface area contributed by atoms with Crippen LogP contribution in [0.5, 0.6) is 0 Å². The number of alkyl halides is 1. The second kappa shape index (κ2) is 4.24. The van der Waals surface area contributed by atoms with Crippen LogP contribution in [0.4, 0.5) is 0 Å². The topological polar surface area (TPSA) is 75.6 Å². The van der Waals surface area contributed by atoms with E-state index in [9.17, 15) is 14.7 Å². The Morgan fingerprint density at radius 1 is 1.67 bits per heavy atom. The number of amides is 1. The molecule has 2 aliphatic rings. The van der Waals surface area contributed by atoms with E-state index >= 15 is 0 Å². The first-order chi connectivity index (χ1) is 8.44. The quantitative estimate of drug-likeness (QED) is 0.431. The Morgan fingerprint density at radius 2 is 2.33 bits per heavy atom. The normalized spacial score (nSPS) is 39.4. The largest absolute Gasteiger partial charge is 0.453 e. The van der Waals surface area contributed by atoms with Crippen molar-refractivity contribution in [2.24, 2.45) is 5.92 Å². The predicted molar refractivity (Wildman–Crippen MR) is 65.0 cm³/mol. The summed E-state index contributed by atoms with van der Waals surface area (Å²) in [6.45, 7) is 5.19. The molecule has 4 atom stereocenters. The van der Waals surface area contributed by atoms with Gasteiger partial charge in [-0.1, -0.05) is 6.08 Å². The number of rotatable bonds is 5. The van der Waals surface area contributed by atoms with Gasteiger partial charge in [-0.05, 0) is 19.8 Å². The van der Waals surface area contributed by atoms with Gasteiger partial charge in [-0.2, -0.15) is 0 Å². The average Bonchev–Trinajstić information content (AvgIpc) is 2.48. The number of nitrogens with one attached hydrogen (secondary N) is 1. The van der Waals surface area contributed by atoms with Crippen LogP contribution in [0.15, 0.2) is 12.7 Å². The molecule has 0 spiro atoms. The van der Waals surface area contributed by atoms with Gasteiger partial charge in [0.1, 0.15) is 0 Å². The highest BCUT2D eigenvalue weighted by Gasteiger charge is 2.78. The van der Waals surface area contributed by atoms with Crippen LogP contribution in [0.1, 0.15) is 19.8 Å². The fourth-order valence-electron chi connectivity index (χ4n) is 2.96. The Morgan fingerprint density at radius 3 is 2.83 bits per heavy atom. The van der Waals surface area contributed by atoms with E-state index in [0.29, 0.717) is 12.3 Å². The molecule has 0 bridgehead atoms. The van der Waals surface area contributed by atoms with Crippen LogP contribution in [0, 0.1) is 5.92 Å². The molecule has 2 aliphatic heterocycles. The van der Waals surface area contributed by atoms with E-state index in [0.717, 1.165) is 0 Å². The van der Waals surface area contributed by atoms with Gasteiger partial charge in [0.2, 0.25) is 11.4 Å². The first-order valence-corrected chi connectivity index (χ1v) is 6.38. The standard InChI is InChI=1S/C12H16ClNO4/c1-3-4-8(15)12-10(17)18-11(12,2)7(5-6-13)9(16)14-12/h3,7-8,15H,1,4-6H2,2H3,(H,14,16)/t7-,8-,11-,12-/m0/s1. The van der Waals surface area contributed by atoms with Crippen molar-refractivity contribution < 1.29 is 19.4 Å². The van der Waals surface area contributed by atoms with Crippen molar-refractivity contribution in [2.75, 3.05) is 5.88 Å². The minimum absolute atomic E-state index is 0.207. The highest BCUT2D eigenvalue weighted by atomic mass is 35.5. The van der Waals surface area contributed by atoms with Crippen LogP contribution >= 0.6 is 11.6 Å². The number of carbonyl (C=O) groups is 2. The highest BCUT2D eigenvalue weighted by molar-refractivity contribution is 6.18. The van der Waals surface area contributed by atoms with Crippen LogP contribution in [0.3, 0.4) is 0 Å². The zero-order valence-corrected chi connectivity index (χ0v) is 10.9. The maximum Gasteiger partial charge on any atom is 0.339 e. The number of esters is 1. The lowest BCUT2D eigenvalue weighted by molar-refractivity contribution is -0.234. The lowest BCUT2D eigenvalue weighted by Gasteiger charge is -2.53. The second-order valence-corrected chi connectivity index (χ2v) is 5.24. The molecular formula is C12H16ClNO4. The van der Waals surface area contributed by atoms with Gasteiger partial charge in [-0.15, -0.1) is 18.2 Å².